The number of nitrogens with two attached hydrogens (primary N) is 1. The first kappa shape index (κ1) is 12.7. The van der Waals surface area contributed by atoms with Gasteiger partial charge in [-0.3, -0.25) is 0 Å². The van der Waals surface area contributed by atoms with E-state index < -0.39 is 11.9 Å². The molecule has 0 amide bonds. The fraction of sp³-hybridized carbons (Fsp3) is 0.692. The van der Waals surface area contributed by atoms with E-state index in [-0.39, 0.29) is 28.3 Å². The second-order valence-corrected chi connectivity index (χ2v) is 6.34. The normalized spacial score (nSPS) is 31.6. The number of anilines is 1. The van der Waals surface area contributed by atoms with Crippen molar-refractivity contribution in [2.24, 2.45) is 5.41 Å². The van der Waals surface area contributed by atoms with Gasteiger partial charge in [-0.2, -0.15) is 13.2 Å². The summed E-state index contributed by atoms with van der Waals surface area (Å²) >= 11 is 0. The van der Waals surface area contributed by atoms with Crippen molar-refractivity contribution in [3.05, 3.63) is 17.0 Å². The van der Waals surface area contributed by atoms with Crippen molar-refractivity contribution in [3.8, 4) is 0 Å². The average molecular weight is 271 g/mol. The number of hydrogen-bond acceptors (Lipinski definition) is 3. The number of rotatable bonds is 0. The van der Waals surface area contributed by atoms with Gasteiger partial charge in [-0.1, -0.05) is 20.8 Å². The number of hydrogen-bond donors (Lipinski definition) is 1. The molecule has 0 radical (unpaired) electrons. The fourth-order valence-electron chi connectivity index (χ4n) is 3.88. The number of fused-ring (bicyclic) bond motifs is 5. The molecule has 19 heavy (non-hydrogen) atoms. The van der Waals surface area contributed by atoms with Gasteiger partial charge in [0.25, 0.3) is 0 Å². The zero-order valence-electron chi connectivity index (χ0n) is 11.1. The SMILES string of the molecule is CC1(C)[C@H]2CC[C@]1(C)c1nc(N)nc(C(F)(F)F)c12. The van der Waals surface area contributed by atoms with Crippen LogP contribution >= 0.6 is 0 Å². The minimum absolute atomic E-state index is 0.135. The van der Waals surface area contributed by atoms with E-state index >= 15 is 0 Å². The van der Waals surface area contributed by atoms with E-state index in [9.17, 15) is 13.2 Å². The van der Waals surface area contributed by atoms with Gasteiger partial charge in [0.1, 0.15) is 0 Å². The van der Waals surface area contributed by atoms with Crippen LogP contribution in [0.5, 0.6) is 0 Å². The average Bonchev–Trinajstić information content (AvgIpc) is 2.58. The van der Waals surface area contributed by atoms with Crippen molar-refractivity contribution >= 4 is 5.95 Å². The third-order valence-corrected chi connectivity index (χ3v) is 5.33. The van der Waals surface area contributed by atoms with E-state index in [1.807, 2.05) is 20.8 Å². The number of nitrogens with zero attached hydrogens (tertiary/aromatic N) is 2. The van der Waals surface area contributed by atoms with Crippen LogP contribution in [-0.4, -0.2) is 9.97 Å². The van der Waals surface area contributed by atoms with E-state index in [0.29, 0.717) is 5.69 Å². The summed E-state index contributed by atoms with van der Waals surface area (Å²) in [5.74, 6) is -0.416. The lowest BCUT2D eigenvalue weighted by Crippen LogP contribution is -2.32. The lowest BCUT2D eigenvalue weighted by molar-refractivity contribution is -0.142. The molecule has 3 rings (SSSR count). The van der Waals surface area contributed by atoms with Crippen molar-refractivity contribution in [1.82, 2.24) is 9.97 Å². The molecule has 2 bridgehead atoms. The van der Waals surface area contributed by atoms with E-state index in [4.69, 9.17) is 5.73 Å². The van der Waals surface area contributed by atoms with Gasteiger partial charge >= 0.3 is 6.18 Å². The Labute approximate surface area is 109 Å². The smallest absolute Gasteiger partial charge is 0.368 e. The molecule has 1 saturated carbocycles. The Balaban J connectivity index is 2.34. The van der Waals surface area contributed by atoms with E-state index in [2.05, 4.69) is 9.97 Å². The van der Waals surface area contributed by atoms with Crippen LogP contribution in [-0.2, 0) is 11.6 Å². The van der Waals surface area contributed by atoms with Crippen LogP contribution in [0.1, 0.15) is 56.5 Å². The van der Waals surface area contributed by atoms with E-state index in [1.165, 1.54) is 0 Å². The van der Waals surface area contributed by atoms with Crippen molar-refractivity contribution in [2.45, 2.75) is 51.1 Å². The second-order valence-electron chi connectivity index (χ2n) is 6.34. The summed E-state index contributed by atoms with van der Waals surface area (Å²) in [7, 11) is 0. The molecule has 1 aromatic rings. The minimum atomic E-state index is -4.47. The van der Waals surface area contributed by atoms with Gasteiger partial charge in [-0.25, -0.2) is 9.97 Å². The lowest BCUT2D eigenvalue weighted by atomic mass is 9.70. The Hall–Kier alpha value is -1.33. The Morgan fingerprint density at radius 2 is 1.84 bits per heavy atom. The summed E-state index contributed by atoms with van der Waals surface area (Å²) in [6.07, 6.45) is -2.86. The van der Waals surface area contributed by atoms with Gasteiger partial charge in [0.15, 0.2) is 5.69 Å². The Morgan fingerprint density at radius 3 is 2.42 bits per heavy atom. The van der Waals surface area contributed by atoms with Gasteiger partial charge in [0.05, 0.1) is 5.69 Å². The molecule has 0 unspecified atom stereocenters. The minimum Gasteiger partial charge on any atom is -0.368 e. The maximum absolute atomic E-state index is 13.2. The van der Waals surface area contributed by atoms with Gasteiger partial charge < -0.3 is 5.73 Å². The molecule has 2 atom stereocenters. The molecule has 2 aliphatic carbocycles. The summed E-state index contributed by atoms with van der Waals surface area (Å²) in [6.45, 7) is 6.02. The second kappa shape index (κ2) is 3.22. The molecule has 0 aromatic carbocycles. The zero-order chi connectivity index (χ0) is 14.2. The summed E-state index contributed by atoms with van der Waals surface area (Å²) in [4.78, 5) is 7.62. The summed E-state index contributed by atoms with van der Waals surface area (Å²) in [6, 6.07) is 0. The lowest BCUT2D eigenvalue weighted by Gasteiger charge is -2.34. The largest absolute Gasteiger partial charge is 0.433 e. The Kier molecular flexibility index (Phi) is 2.15. The summed E-state index contributed by atoms with van der Waals surface area (Å²) in [5, 5.41) is 0. The van der Waals surface area contributed by atoms with Crippen LogP contribution in [0.2, 0.25) is 0 Å². The molecular weight excluding hydrogens is 255 g/mol. The highest BCUT2D eigenvalue weighted by atomic mass is 19.4. The van der Waals surface area contributed by atoms with Crippen molar-refractivity contribution in [1.29, 1.82) is 0 Å². The van der Waals surface area contributed by atoms with E-state index in [1.54, 1.807) is 0 Å². The third kappa shape index (κ3) is 1.34. The molecule has 0 aliphatic heterocycles. The first-order valence-electron chi connectivity index (χ1n) is 6.34. The number of halogens is 3. The van der Waals surface area contributed by atoms with Crippen molar-refractivity contribution in [2.75, 3.05) is 5.73 Å². The van der Waals surface area contributed by atoms with Gasteiger partial charge in [0.2, 0.25) is 5.95 Å². The third-order valence-electron chi connectivity index (χ3n) is 5.33. The monoisotopic (exact) mass is 271 g/mol. The summed E-state index contributed by atoms with van der Waals surface area (Å²) < 4.78 is 39.5. The van der Waals surface area contributed by atoms with Crippen molar-refractivity contribution in [3.63, 3.8) is 0 Å². The highest BCUT2D eigenvalue weighted by Gasteiger charge is 2.63. The molecule has 1 heterocycles. The van der Waals surface area contributed by atoms with Crippen LogP contribution in [0.4, 0.5) is 19.1 Å². The first-order chi connectivity index (χ1) is 8.59. The highest BCUT2D eigenvalue weighted by molar-refractivity contribution is 5.50. The topological polar surface area (TPSA) is 51.8 Å². The van der Waals surface area contributed by atoms with Crippen LogP contribution in [0.15, 0.2) is 0 Å². The molecule has 1 fully saturated rings. The Morgan fingerprint density at radius 1 is 1.21 bits per heavy atom. The van der Waals surface area contributed by atoms with Crippen LogP contribution in [0.3, 0.4) is 0 Å². The zero-order valence-corrected chi connectivity index (χ0v) is 11.1. The number of aromatic nitrogens is 2. The molecule has 104 valence electrons. The predicted octanol–water partition coefficient (Wildman–Crippen LogP) is 3.25. The number of nitrogen functional groups attached to an aromatic ring is 1. The maximum Gasteiger partial charge on any atom is 0.433 e. The summed E-state index contributed by atoms with van der Waals surface area (Å²) in [5.41, 5.74) is 4.85. The predicted molar refractivity (Wildman–Crippen MR) is 64.6 cm³/mol. The molecule has 3 nitrogen and oxygen atoms in total. The molecule has 0 saturated heterocycles. The standard InChI is InChI=1S/C13H16F3N3/c1-11(2)6-4-5-12(11,3)8-7(6)9(13(14,15)16)19-10(17)18-8/h6H,4-5H2,1-3H3,(H2,17,18,19)/t6-,12+/m0/s1. The fourth-order valence-corrected chi connectivity index (χ4v) is 3.88. The first-order valence-corrected chi connectivity index (χ1v) is 6.34. The van der Waals surface area contributed by atoms with Crippen LogP contribution in [0, 0.1) is 5.41 Å². The molecule has 2 N–H and O–H groups in total. The maximum atomic E-state index is 13.2. The van der Waals surface area contributed by atoms with Gasteiger partial charge in [0, 0.05) is 11.0 Å². The van der Waals surface area contributed by atoms with Crippen LogP contribution in [0.25, 0.3) is 0 Å². The Bertz CT molecular complexity index is 565. The highest BCUT2D eigenvalue weighted by Crippen LogP contribution is 2.68. The molecule has 2 aliphatic rings. The number of alkyl halides is 3. The quantitative estimate of drug-likeness (QED) is 0.788. The molecule has 1 aromatic heterocycles. The van der Waals surface area contributed by atoms with Crippen molar-refractivity contribution < 1.29 is 13.2 Å². The van der Waals surface area contributed by atoms with Gasteiger partial charge in [-0.15, -0.1) is 0 Å². The molecule has 6 heteroatoms. The molecular formula is C13H16F3N3. The van der Waals surface area contributed by atoms with Crippen LogP contribution < -0.4 is 5.73 Å². The van der Waals surface area contributed by atoms with Gasteiger partial charge in [-0.05, 0) is 24.2 Å². The van der Waals surface area contributed by atoms with E-state index in [0.717, 1.165) is 12.8 Å². The molecule has 0 spiro atoms.